The largest absolute Gasteiger partial charge is 0.207 e. The molecule has 0 bridgehead atoms. The molecule has 0 heterocycles. The molecule has 0 aromatic heterocycles. The topological polar surface area (TPSA) is 0 Å². The van der Waals surface area contributed by atoms with Crippen molar-refractivity contribution < 1.29 is 8.78 Å². The monoisotopic (exact) mass is 196 g/mol. The van der Waals surface area contributed by atoms with Crippen molar-refractivity contribution in [2.45, 2.75) is 32.6 Å². The zero-order chi connectivity index (χ0) is 10.3. The fourth-order valence-electron chi connectivity index (χ4n) is 2.38. The van der Waals surface area contributed by atoms with Crippen molar-refractivity contribution in [1.82, 2.24) is 0 Å². The van der Waals surface area contributed by atoms with Crippen LogP contribution in [0.15, 0.2) is 12.1 Å². The number of aryl methyl sites for hydroxylation is 1. The van der Waals surface area contributed by atoms with Crippen molar-refractivity contribution in [2.24, 2.45) is 5.92 Å². The SMILES string of the molecule is CC(C)C1CCc2cc(F)cc(F)c21. The molecule has 0 radical (unpaired) electrons. The Hall–Kier alpha value is -0.920. The average Bonchev–Trinajstić information content (AvgIpc) is 2.47. The first-order valence-corrected chi connectivity index (χ1v) is 5.07. The van der Waals surface area contributed by atoms with Crippen LogP contribution in [-0.2, 0) is 6.42 Å². The first-order valence-electron chi connectivity index (χ1n) is 5.07. The van der Waals surface area contributed by atoms with Crippen molar-refractivity contribution in [3.8, 4) is 0 Å². The van der Waals surface area contributed by atoms with Crippen LogP contribution in [0.4, 0.5) is 8.78 Å². The third-order valence-electron chi connectivity index (χ3n) is 3.08. The number of hydrogen-bond acceptors (Lipinski definition) is 0. The van der Waals surface area contributed by atoms with Gasteiger partial charge in [0.1, 0.15) is 11.6 Å². The van der Waals surface area contributed by atoms with Gasteiger partial charge in [0.2, 0.25) is 0 Å². The Labute approximate surface area is 82.9 Å². The number of benzene rings is 1. The standard InChI is InChI=1S/C12H14F2/c1-7(2)10-4-3-8-5-9(13)6-11(14)12(8)10/h5-7,10H,3-4H2,1-2H3. The van der Waals surface area contributed by atoms with Crippen molar-refractivity contribution >= 4 is 0 Å². The van der Waals surface area contributed by atoms with Gasteiger partial charge >= 0.3 is 0 Å². The van der Waals surface area contributed by atoms with E-state index in [2.05, 4.69) is 13.8 Å². The Morgan fingerprint density at radius 3 is 2.64 bits per heavy atom. The first kappa shape index (κ1) is 9.63. The van der Waals surface area contributed by atoms with Crippen molar-refractivity contribution in [1.29, 1.82) is 0 Å². The summed E-state index contributed by atoms with van der Waals surface area (Å²) >= 11 is 0. The molecule has 2 heteroatoms. The number of hydrogen-bond donors (Lipinski definition) is 0. The highest BCUT2D eigenvalue weighted by Gasteiger charge is 2.28. The maximum atomic E-state index is 13.5. The van der Waals surface area contributed by atoms with Gasteiger partial charge in [-0.2, -0.15) is 0 Å². The van der Waals surface area contributed by atoms with Crippen LogP contribution in [-0.4, -0.2) is 0 Å². The molecule has 0 nitrogen and oxygen atoms in total. The van der Waals surface area contributed by atoms with E-state index < -0.39 is 5.82 Å². The molecular formula is C12H14F2. The van der Waals surface area contributed by atoms with Crippen LogP contribution in [0.25, 0.3) is 0 Å². The molecule has 0 saturated carbocycles. The van der Waals surface area contributed by atoms with Crippen molar-refractivity contribution in [3.63, 3.8) is 0 Å². The van der Waals surface area contributed by atoms with E-state index in [0.29, 0.717) is 5.92 Å². The summed E-state index contributed by atoms with van der Waals surface area (Å²) in [5, 5.41) is 0. The Morgan fingerprint density at radius 1 is 1.29 bits per heavy atom. The quantitative estimate of drug-likeness (QED) is 0.643. The Balaban J connectivity index is 2.49. The molecule has 0 amide bonds. The molecule has 1 aliphatic rings. The fourth-order valence-corrected chi connectivity index (χ4v) is 2.38. The summed E-state index contributed by atoms with van der Waals surface area (Å²) in [6.45, 7) is 4.17. The van der Waals surface area contributed by atoms with Gasteiger partial charge in [-0.25, -0.2) is 8.78 Å². The highest BCUT2D eigenvalue weighted by Crippen LogP contribution is 2.39. The number of fused-ring (bicyclic) bond motifs is 1. The molecule has 14 heavy (non-hydrogen) atoms. The fraction of sp³-hybridized carbons (Fsp3) is 0.500. The maximum Gasteiger partial charge on any atom is 0.129 e. The second-order valence-corrected chi connectivity index (χ2v) is 4.35. The molecule has 1 atom stereocenters. The minimum Gasteiger partial charge on any atom is -0.207 e. The molecule has 0 saturated heterocycles. The summed E-state index contributed by atoms with van der Waals surface area (Å²) in [7, 11) is 0. The van der Waals surface area contributed by atoms with Gasteiger partial charge in [0.15, 0.2) is 0 Å². The second-order valence-electron chi connectivity index (χ2n) is 4.35. The van der Waals surface area contributed by atoms with Gasteiger partial charge in [0, 0.05) is 6.07 Å². The lowest BCUT2D eigenvalue weighted by Gasteiger charge is -2.16. The van der Waals surface area contributed by atoms with Crippen LogP contribution in [0, 0.1) is 17.6 Å². The van der Waals surface area contributed by atoms with Crippen LogP contribution < -0.4 is 0 Å². The lowest BCUT2D eigenvalue weighted by molar-refractivity contribution is 0.473. The van der Waals surface area contributed by atoms with E-state index in [1.165, 1.54) is 6.07 Å². The summed E-state index contributed by atoms with van der Waals surface area (Å²) in [5.41, 5.74) is 1.61. The van der Waals surface area contributed by atoms with E-state index >= 15 is 0 Å². The summed E-state index contributed by atoms with van der Waals surface area (Å²) in [6.07, 6.45) is 1.76. The van der Waals surface area contributed by atoms with Gasteiger partial charge < -0.3 is 0 Å². The van der Waals surface area contributed by atoms with Gasteiger partial charge in [-0.1, -0.05) is 13.8 Å². The first-order chi connectivity index (χ1) is 6.59. The van der Waals surface area contributed by atoms with Crippen molar-refractivity contribution in [2.75, 3.05) is 0 Å². The molecule has 0 N–H and O–H groups in total. The van der Waals surface area contributed by atoms with Crippen LogP contribution >= 0.6 is 0 Å². The predicted molar refractivity (Wildman–Crippen MR) is 52.3 cm³/mol. The smallest absolute Gasteiger partial charge is 0.129 e. The van der Waals surface area contributed by atoms with Crippen LogP contribution in [0.5, 0.6) is 0 Å². The number of halogens is 2. The van der Waals surface area contributed by atoms with Crippen LogP contribution in [0.3, 0.4) is 0 Å². The maximum absolute atomic E-state index is 13.5. The molecule has 0 aliphatic heterocycles. The summed E-state index contributed by atoms with van der Waals surface area (Å²) in [5.74, 6) is -0.122. The van der Waals surface area contributed by atoms with Crippen LogP contribution in [0.2, 0.25) is 0 Å². The molecule has 1 unspecified atom stereocenters. The summed E-state index contributed by atoms with van der Waals surface area (Å²) in [6, 6.07) is 2.47. The van der Waals surface area contributed by atoms with Gasteiger partial charge in [-0.3, -0.25) is 0 Å². The van der Waals surface area contributed by atoms with Gasteiger partial charge in [0.25, 0.3) is 0 Å². The Kier molecular flexibility index (Phi) is 2.30. The minimum atomic E-state index is -0.453. The zero-order valence-corrected chi connectivity index (χ0v) is 8.48. The molecule has 76 valence electrons. The predicted octanol–water partition coefficient (Wildman–Crippen LogP) is 3.65. The minimum absolute atomic E-state index is 0.269. The van der Waals surface area contributed by atoms with Gasteiger partial charge in [-0.05, 0) is 41.9 Å². The summed E-state index contributed by atoms with van der Waals surface area (Å²) in [4.78, 5) is 0. The lowest BCUT2D eigenvalue weighted by Crippen LogP contribution is -2.04. The van der Waals surface area contributed by atoms with Gasteiger partial charge in [0.05, 0.1) is 0 Å². The van der Waals surface area contributed by atoms with Crippen LogP contribution in [0.1, 0.15) is 37.3 Å². The third-order valence-corrected chi connectivity index (χ3v) is 3.08. The van der Waals surface area contributed by atoms with E-state index in [-0.39, 0.29) is 11.7 Å². The Bertz CT molecular complexity index is 356. The summed E-state index contributed by atoms with van der Waals surface area (Å²) < 4.78 is 26.4. The molecule has 2 rings (SSSR count). The normalized spacial score (nSPS) is 20.2. The van der Waals surface area contributed by atoms with E-state index in [9.17, 15) is 8.78 Å². The van der Waals surface area contributed by atoms with Crippen molar-refractivity contribution in [3.05, 3.63) is 34.9 Å². The van der Waals surface area contributed by atoms with E-state index in [1.807, 2.05) is 0 Å². The van der Waals surface area contributed by atoms with E-state index in [4.69, 9.17) is 0 Å². The third kappa shape index (κ3) is 1.43. The average molecular weight is 196 g/mol. The molecule has 1 aliphatic carbocycles. The molecule has 1 aromatic rings. The number of rotatable bonds is 1. The van der Waals surface area contributed by atoms with E-state index in [0.717, 1.165) is 30.0 Å². The molecule has 0 fully saturated rings. The van der Waals surface area contributed by atoms with E-state index in [1.54, 1.807) is 0 Å². The Morgan fingerprint density at radius 2 is 2.00 bits per heavy atom. The highest BCUT2D eigenvalue weighted by atomic mass is 19.1. The molecule has 0 spiro atoms. The lowest BCUT2D eigenvalue weighted by atomic mass is 9.90. The van der Waals surface area contributed by atoms with Gasteiger partial charge in [-0.15, -0.1) is 0 Å². The highest BCUT2D eigenvalue weighted by molar-refractivity contribution is 5.37. The molecule has 1 aromatic carbocycles. The molecular weight excluding hydrogens is 182 g/mol. The second kappa shape index (κ2) is 3.34. The zero-order valence-electron chi connectivity index (χ0n) is 8.48.